The average Bonchev–Trinajstić information content (AvgIpc) is 3.26. The summed E-state index contributed by atoms with van der Waals surface area (Å²) >= 11 is 1.49. The molecule has 0 unspecified atom stereocenters. The molecule has 0 aliphatic rings. The number of carbonyl (C=O) groups is 2. The Kier molecular flexibility index (Phi) is 9.65. The maximum Gasteiger partial charge on any atom is 0.416 e. The van der Waals surface area contributed by atoms with Gasteiger partial charge in [0, 0.05) is 30.8 Å². The highest BCUT2D eigenvalue weighted by atomic mass is 32.1. The van der Waals surface area contributed by atoms with Crippen molar-refractivity contribution in [2.75, 3.05) is 32.1 Å². The number of hydrogen-bond acceptors (Lipinski definition) is 4. The van der Waals surface area contributed by atoms with Crippen LogP contribution in [0.1, 0.15) is 21.6 Å². The zero-order valence-corrected chi connectivity index (χ0v) is 21.2. The number of benzene rings is 2. The lowest BCUT2D eigenvalue weighted by Crippen LogP contribution is -2.45. The van der Waals surface area contributed by atoms with Gasteiger partial charge in [-0.25, -0.2) is 9.18 Å². The van der Waals surface area contributed by atoms with Gasteiger partial charge in [-0.2, -0.15) is 13.2 Å². The highest BCUT2D eigenvalue weighted by Crippen LogP contribution is 2.30. The Morgan fingerprint density at radius 3 is 2.38 bits per heavy atom. The van der Waals surface area contributed by atoms with E-state index >= 15 is 0 Å². The van der Waals surface area contributed by atoms with Crippen molar-refractivity contribution in [1.82, 2.24) is 9.80 Å². The number of thiophene rings is 1. The smallest absolute Gasteiger partial charge is 0.383 e. The Morgan fingerprint density at radius 1 is 1.03 bits per heavy atom. The second-order valence-corrected chi connectivity index (χ2v) is 9.33. The van der Waals surface area contributed by atoms with Crippen molar-refractivity contribution < 1.29 is 31.9 Å². The van der Waals surface area contributed by atoms with E-state index in [-0.39, 0.29) is 44.4 Å². The van der Waals surface area contributed by atoms with Crippen LogP contribution in [0.5, 0.6) is 0 Å². The summed E-state index contributed by atoms with van der Waals surface area (Å²) in [5, 5.41) is 4.35. The minimum absolute atomic E-state index is 0.0372. The first kappa shape index (κ1) is 28.1. The van der Waals surface area contributed by atoms with Gasteiger partial charge >= 0.3 is 12.2 Å². The van der Waals surface area contributed by atoms with Gasteiger partial charge in [0.15, 0.2) is 0 Å². The number of ether oxygens (including phenoxy) is 1. The van der Waals surface area contributed by atoms with E-state index in [4.69, 9.17) is 4.74 Å². The van der Waals surface area contributed by atoms with Crippen molar-refractivity contribution in [3.63, 3.8) is 0 Å². The number of methoxy groups -OCH3 is 1. The monoisotopic (exact) mass is 537 g/mol. The number of hydrogen-bond donors (Lipinski definition) is 1. The molecule has 3 rings (SSSR count). The van der Waals surface area contributed by atoms with Crippen molar-refractivity contribution in [2.24, 2.45) is 0 Å². The average molecular weight is 538 g/mol. The van der Waals surface area contributed by atoms with Crippen LogP contribution in [0.25, 0.3) is 0 Å². The third kappa shape index (κ3) is 8.29. The van der Waals surface area contributed by atoms with Gasteiger partial charge in [0.05, 0.1) is 18.7 Å². The number of amides is 3. The molecule has 2 aromatic carbocycles. The number of urea groups is 1. The first-order valence-electron chi connectivity index (χ1n) is 11.3. The maximum atomic E-state index is 13.4. The molecule has 0 bridgehead atoms. The van der Waals surface area contributed by atoms with E-state index in [2.05, 4.69) is 5.32 Å². The minimum Gasteiger partial charge on any atom is -0.383 e. The van der Waals surface area contributed by atoms with Crippen LogP contribution in [-0.2, 0) is 28.8 Å². The molecule has 11 heteroatoms. The van der Waals surface area contributed by atoms with E-state index in [9.17, 15) is 27.2 Å². The molecule has 0 saturated heterocycles. The summed E-state index contributed by atoms with van der Waals surface area (Å²) in [6.07, 6.45) is -4.56. The summed E-state index contributed by atoms with van der Waals surface area (Å²) < 4.78 is 57.6. The topological polar surface area (TPSA) is 61.9 Å². The fourth-order valence-electron chi connectivity index (χ4n) is 3.47. The molecular weight excluding hydrogens is 510 g/mol. The largest absolute Gasteiger partial charge is 0.416 e. The Balaban J connectivity index is 1.78. The van der Waals surface area contributed by atoms with Crippen molar-refractivity contribution in [3.8, 4) is 0 Å². The predicted molar refractivity (Wildman–Crippen MR) is 134 cm³/mol. The second kappa shape index (κ2) is 12.7. The minimum atomic E-state index is -4.56. The molecule has 6 nitrogen and oxygen atoms in total. The number of aryl methyl sites for hydroxylation is 1. The Morgan fingerprint density at radius 2 is 1.76 bits per heavy atom. The van der Waals surface area contributed by atoms with Gasteiger partial charge in [0.1, 0.15) is 12.4 Å². The fourth-order valence-corrected chi connectivity index (χ4v) is 4.40. The van der Waals surface area contributed by atoms with Crippen LogP contribution >= 0.6 is 11.3 Å². The van der Waals surface area contributed by atoms with Gasteiger partial charge in [-0.05, 0) is 59.8 Å². The molecule has 0 fully saturated rings. The number of halogens is 4. The van der Waals surface area contributed by atoms with Gasteiger partial charge in [-0.3, -0.25) is 4.79 Å². The molecule has 0 aliphatic carbocycles. The van der Waals surface area contributed by atoms with Crippen molar-refractivity contribution in [3.05, 3.63) is 87.4 Å². The lowest BCUT2D eigenvalue weighted by molar-refractivity contribution is -0.137. The zero-order chi connectivity index (χ0) is 27.0. The number of rotatable bonds is 10. The molecular formula is C26H27F4N3O3S. The number of nitrogens with zero attached hydrogens (tertiary/aromatic N) is 2. The molecule has 0 saturated carbocycles. The van der Waals surface area contributed by atoms with Gasteiger partial charge in [0.25, 0.3) is 0 Å². The molecule has 1 aromatic heterocycles. The second-order valence-electron chi connectivity index (χ2n) is 8.33. The number of anilines is 1. The van der Waals surface area contributed by atoms with Gasteiger partial charge in [-0.1, -0.05) is 18.2 Å². The summed E-state index contributed by atoms with van der Waals surface area (Å²) in [5.74, 6) is -0.778. The van der Waals surface area contributed by atoms with E-state index in [1.165, 1.54) is 47.6 Å². The van der Waals surface area contributed by atoms with E-state index in [0.717, 1.165) is 22.6 Å². The molecule has 1 N–H and O–H groups in total. The number of carbonyl (C=O) groups excluding carboxylic acids is 2. The third-order valence-corrected chi connectivity index (χ3v) is 6.57. The maximum absolute atomic E-state index is 13.4. The van der Waals surface area contributed by atoms with Crippen LogP contribution in [0.2, 0.25) is 0 Å². The fraction of sp³-hybridized carbons (Fsp3) is 0.308. The summed E-state index contributed by atoms with van der Waals surface area (Å²) in [7, 11) is 1.44. The normalized spacial score (nSPS) is 11.3. The summed E-state index contributed by atoms with van der Waals surface area (Å²) in [5.41, 5.74) is 0.773. The van der Waals surface area contributed by atoms with Crippen molar-refractivity contribution in [1.29, 1.82) is 0 Å². The third-order valence-electron chi connectivity index (χ3n) is 5.56. The van der Waals surface area contributed by atoms with E-state index in [1.807, 2.05) is 18.4 Å². The Hall–Kier alpha value is -3.44. The van der Waals surface area contributed by atoms with Crippen LogP contribution in [0.4, 0.5) is 28.0 Å². The van der Waals surface area contributed by atoms with Crippen LogP contribution in [0.15, 0.2) is 60.0 Å². The van der Waals surface area contributed by atoms with Crippen LogP contribution in [0.3, 0.4) is 0 Å². The van der Waals surface area contributed by atoms with Gasteiger partial charge in [-0.15, -0.1) is 11.3 Å². The number of nitrogens with one attached hydrogen (secondary N) is 1. The zero-order valence-electron chi connectivity index (χ0n) is 20.3. The Bertz CT molecular complexity index is 1200. The molecule has 3 aromatic rings. The molecule has 37 heavy (non-hydrogen) atoms. The molecule has 198 valence electrons. The molecule has 0 aliphatic heterocycles. The van der Waals surface area contributed by atoms with Gasteiger partial charge < -0.3 is 19.9 Å². The van der Waals surface area contributed by atoms with E-state index < -0.39 is 23.6 Å². The standard InChI is InChI=1S/C26H27F4N3O3S/c1-18-10-13-37-23(18)16-33(15-19-6-8-21(27)9-7-19)24(34)17-32(11-12-36-2)25(35)31-22-5-3-4-20(14-22)26(28,29)30/h3-10,13-14H,11-12,15-17H2,1-2H3,(H,31,35). The van der Waals surface area contributed by atoms with Crippen LogP contribution in [0, 0.1) is 12.7 Å². The SMILES string of the molecule is COCCN(CC(=O)N(Cc1ccc(F)cc1)Cc1sccc1C)C(=O)Nc1cccc(C(F)(F)F)c1. The van der Waals surface area contributed by atoms with E-state index in [1.54, 1.807) is 17.0 Å². The summed E-state index contributed by atoms with van der Waals surface area (Å²) in [6, 6.07) is 11.2. The molecule has 0 atom stereocenters. The lowest BCUT2D eigenvalue weighted by Gasteiger charge is -2.28. The lowest BCUT2D eigenvalue weighted by atomic mass is 10.2. The molecule has 1 heterocycles. The first-order chi connectivity index (χ1) is 17.6. The highest BCUT2D eigenvalue weighted by molar-refractivity contribution is 7.10. The highest BCUT2D eigenvalue weighted by Gasteiger charge is 2.31. The van der Waals surface area contributed by atoms with Crippen molar-refractivity contribution >= 4 is 29.0 Å². The summed E-state index contributed by atoms with van der Waals surface area (Å²) in [4.78, 5) is 30.1. The summed E-state index contributed by atoms with van der Waals surface area (Å²) in [6.45, 7) is 2.22. The number of alkyl halides is 3. The van der Waals surface area contributed by atoms with E-state index in [0.29, 0.717) is 5.56 Å². The molecule has 0 spiro atoms. The molecule has 0 radical (unpaired) electrons. The predicted octanol–water partition coefficient (Wildman–Crippen LogP) is 5.92. The molecule has 3 amide bonds. The quantitative estimate of drug-likeness (QED) is 0.327. The van der Waals surface area contributed by atoms with Crippen LogP contribution < -0.4 is 5.32 Å². The van der Waals surface area contributed by atoms with Crippen molar-refractivity contribution in [2.45, 2.75) is 26.2 Å². The van der Waals surface area contributed by atoms with Crippen LogP contribution in [-0.4, -0.2) is 48.5 Å². The first-order valence-corrected chi connectivity index (χ1v) is 12.2. The van der Waals surface area contributed by atoms with Gasteiger partial charge in [0.2, 0.25) is 5.91 Å². The Labute approximate surface area is 216 Å².